The number of nitrogens with zero attached hydrogens (tertiary/aromatic N) is 4. The molecule has 3 aliphatic heterocycles. The first-order chi connectivity index (χ1) is 41.1. The standard InChI is InChI=1S/C59H76FN13O11S/c1-72-33-39(42-13-5-6-15-49(42)72)31-46-57(79)65-45(30-38-18-20-40(60)21-19-38)55(77)64-43(54(61)76)14-9-10-23-73-34-41(70-71-73)32-47(58(80)66-44(56(78)67-46)29-37-11-3-2-4-12-37)63-52(75)35-84-28-27-83-26-25-82-24-22-62-51(74)17-8-7-16-50-53-48(36-85-50)68-59(81)69-53/h2-6,11-13,15,18-21,33-34,43-48,50,53H,7-10,14,16-17,22-32,35-36H2,1H3,(H2,61,76)(H,62,74)(H,63,75)(H,64,77)(H,65,79)(H,66,80)(H,67,78)(H2,68,69,81)/t43?,44-,45+,46+,47+,48-,50?,53-/m1/s1. The Balaban J connectivity index is 0.896. The molecule has 0 radical (unpaired) electrons. The Kier molecular flexibility index (Phi) is 23.6. The van der Waals surface area contributed by atoms with Crippen molar-refractivity contribution in [3.63, 3.8) is 0 Å². The third-order valence-corrected chi connectivity index (χ3v) is 16.5. The lowest BCUT2D eigenvalue weighted by Crippen LogP contribution is -2.60. The molecule has 2 unspecified atom stereocenters. The number of hydrogen-bond donors (Lipinski definition) is 9. The topological polar surface area (TPSA) is 322 Å². The minimum absolute atomic E-state index is 0.0328. The number of ether oxygens (including phenoxy) is 3. The van der Waals surface area contributed by atoms with Gasteiger partial charge in [0.25, 0.3) is 0 Å². The number of benzene rings is 3. The molecule has 456 valence electrons. The molecule has 24 nitrogen and oxygen atoms in total. The van der Waals surface area contributed by atoms with Gasteiger partial charge in [0, 0.05) is 86.5 Å². The number of rotatable bonds is 24. The van der Waals surface area contributed by atoms with Gasteiger partial charge in [-0.3, -0.25) is 38.2 Å². The third kappa shape index (κ3) is 19.3. The number of aromatic nitrogens is 4. The molecule has 85 heavy (non-hydrogen) atoms. The number of carbonyl (C=O) groups excluding carboxylic acids is 8. The van der Waals surface area contributed by atoms with Crippen LogP contribution in [0.5, 0.6) is 0 Å². The number of thioether (sulfide) groups is 1. The van der Waals surface area contributed by atoms with Gasteiger partial charge in [0.1, 0.15) is 42.6 Å². The average Bonchev–Trinajstić information content (AvgIpc) is 3.89. The number of urea groups is 1. The van der Waals surface area contributed by atoms with Gasteiger partial charge in [-0.05, 0) is 67.0 Å². The van der Waals surface area contributed by atoms with Gasteiger partial charge in [0.05, 0.1) is 50.8 Å². The van der Waals surface area contributed by atoms with Crippen LogP contribution >= 0.6 is 11.8 Å². The molecule has 5 aromatic rings. The highest BCUT2D eigenvalue weighted by Crippen LogP contribution is 2.33. The van der Waals surface area contributed by atoms with E-state index in [0.29, 0.717) is 66.6 Å². The molecule has 8 rings (SSSR count). The third-order valence-electron chi connectivity index (χ3n) is 15.0. The van der Waals surface area contributed by atoms with Crippen molar-refractivity contribution in [1.29, 1.82) is 0 Å². The molecule has 0 aliphatic carbocycles. The number of aryl methyl sites for hydroxylation is 2. The number of primary amides is 1. The van der Waals surface area contributed by atoms with Gasteiger partial charge in [-0.15, -0.1) is 5.10 Å². The fraction of sp³-hybridized carbons (Fsp3) is 0.492. The summed E-state index contributed by atoms with van der Waals surface area (Å²) in [7, 11) is 1.85. The second-order valence-corrected chi connectivity index (χ2v) is 22.7. The van der Waals surface area contributed by atoms with Crippen LogP contribution in [-0.4, -0.2) is 166 Å². The summed E-state index contributed by atoms with van der Waals surface area (Å²) in [6, 6.07) is 15.6. The first-order valence-electron chi connectivity index (χ1n) is 28.8. The molecule has 26 heteroatoms. The fourth-order valence-electron chi connectivity index (χ4n) is 10.6. The number of fused-ring (bicyclic) bond motifs is 4. The van der Waals surface area contributed by atoms with Gasteiger partial charge in [-0.1, -0.05) is 72.3 Å². The largest absolute Gasteiger partial charge is 0.377 e. The summed E-state index contributed by atoms with van der Waals surface area (Å²) in [5, 5.41) is 32.4. The number of para-hydroxylation sites is 1. The number of unbranched alkanes of at least 4 members (excludes halogenated alkanes) is 1. The van der Waals surface area contributed by atoms with E-state index >= 15 is 0 Å². The quantitative estimate of drug-likeness (QED) is 0.0310. The first-order valence-corrected chi connectivity index (χ1v) is 29.9. The van der Waals surface area contributed by atoms with E-state index in [2.05, 4.69) is 52.8 Å². The van der Waals surface area contributed by atoms with Crippen LogP contribution in [0.3, 0.4) is 0 Å². The predicted molar refractivity (Wildman–Crippen MR) is 313 cm³/mol. The molecule has 2 aromatic heterocycles. The maximum absolute atomic E-state index is 14.9. The number of nitrogens with one attached hydrogen (secondary N) is 8. The number of hydrogen-bond acceptors (Lipinski definition) is 14. The molecule has 0 saturated carbocycles. The summed E-state index contributed by atoms with van der Waals surface area (Å²) in [6.45, 7) is 1.19. The van der Waals surface area contributed by atoms with Crippen LogP contribution in [0.2, 0.25) is 0 Å². The summed E-state index contributed by atoms with van der Waals surface area (Å²) in [6.07, 6.45) is 7.06. The Hall–Kier alpha value is -7.94. The summed E-state index contributed by atoms with van der Waals surface area (Å²) in [4.78, 5) is 109. The second-order valence-electron chi connectivity index (χ2n) is 21.4. The van der Waals surface area contributed by atoms with Crippen molar-refractivity contribution in [3.05, 3.63) is 119 Å². The maximum Gasteiger partial charge on any atom is 0.315 e. The highest BCUT2D eigenvalue weighted by molar-refractivity contribution is 8.00. The molecule has 10 N–H and O–H groups in total. The van der Waals surface area contributed by atoms with Crippen LogP contribution in [0.4, 0.5) is 9.18 Å². The predicted octanol–water partition coefficient (Wildman–Crippen LogP) is 1.16. The average molecular weight is 1190 g/mol. The molecule has 2 bridgehead atoms. The lowest BCUT2D eigenvalue weighted by molar-refractivity contribution is -0.135. The van der Waals surface area contributed by atoms with E-state index < -0.39 is 78.1 Å². The van der Waals surface area contributed by atoms with Crippen LogP contribution < -0.4 is 48.3 Å². The van der Waals surface area contributed by atoms with Crippen molar-refractivity contribution >= 4 is 70.0 Å². The molecule has 0 spiro atoms. The van der Waals surface area contributed by atoms with Crippen molar-refractivity contribution in [3.8, 4) is 0 Å². The van der Waals surface area contributed by atoms with E-state index in [1.807, 2.05) is 53.8 Å². The number of halogens is 1. The minimum Gasteiger partial charge on any atom is -0.377 e. The zero-order valence-electron chi connectivity index (χ0n) is 47.6. The molecule has 8 atom stereocenters. The van der Waals surface area contributed by atoms with Gasteiger partial charge in [0.2, 0.25) is 41.4 Å². The van der Waals surface area contributed by atoms with E-state index in [0.717, 1.165) is 35.9 Å². The minimum atomic E-state index is -1.36. The van der Waals surface area contributed by atoms with Gasteiger partial charge in [-0.2, -0.15) is 11.8 Å². The molecule has 3 aromatic carbocycles. The SMILES string of the molecule is Cn1cc(C[C@@H]2NC(=O)[C@@H](Cc3ccccc3)NC(=O)[C@@H](NC(=O)COCCOCCOCCNC(=O)CCCCC3SC[C@H]4NC(=O)N[C@@H]34)Cc3cn(nn3)CCCCC(C(N)=O)NC(=O)[C@H](Cc3ccc(F)cc3)NC2=O)c2ccccc21. The Morgan fingerprint density at radius 3 is 2.12 bits per heavy atom. The highest BCUT2D eigenvalue weighted by Gasteiger charge is 2.42. The lowest BCUT2D eigenvalue weighted by atomic mass is 10.00. The molecule has 9 amide bonds. The summed E-state index contributed by atoms with van der Waals surface area (Å²) < 4.78 is 34.3. The second kappa shape index (κ2) is 31.8. The molecular weight excluding hydrogens is 1120 g/mol. The Labute approximate surface area is 496 Å². The van der Waals surface area contributed by atoms with Crippen molar-refractivity contribution in [2.45, 2.75) is 125 Å². The highest BCUT2D eigenvalue weighted by atomic mass is 32.2. The normalized spacial score (nSPS) is 22.4. The van der Waals surface area contributed by atoms with E-state index in [9.17, 15) is 42.7 Å². The lowest BCUT2D eigenvalue weighted by Gasteiger charge is -2.27. The maximum atomic E-state index is 14.9. The zero-order valence-corrected chi connectivity index (χ0v) is 48.4. The van der Waals surface area contributed by atoms with Crippen LogP contribution in [-0.2, 0) is 87.0 Å². The van der Waals surface area contributed by atoms with Crippen LogP contribution in [0.15, 0.2) is 91.3 Å². The molecule has 3 aliphatic rings. The van der Waals surface area contributed by atoms with Gasteiger partial charge >= 0.3 is 6.03 Å². The monoisotopic (exact) mass is 1190 g/mol. The van der Waals surface area contributed by atoms with Crippen LogP contribution in [0.1, 0.15) is 67.3 Å². The molecule has 2 fully saturated rings. The van der Waals surface area contributed by atoms with Crippen molar-refractivity contribution < 1.29 is 57.0 Å². The summed E-state index contributed by atoms with van der Waals surface area (Å²) >= 11 is 1.86. The van der Waals surface area contributed by atoms with Gasteiger partial charge in [-0.25, -0.2) is 9.18 Å². The Morgan fingerprint density at radius 1 is 0.718 bits per heavy atom. The number of nitrogens with two attached hydrogens (primary N) is 1. The van der Waals surface area contributed by atoms with E-state index in [4.69, 9.17) is 19.9 Å². The van der Waals surface area contributed by atoms with E-state index in [-0.39, 0.29) is 82.6 Å². The van der Waals surface area contributed by atoms with Crippen molar-refractivity contribution in [1.82, 2.24) is 62.1 Å². The smallest absolute Gasteiger partial charge is 0.315 e. The van der Waals surface area contributed by atoms with Gasteiger partial charge < -0.3 is 67.0 Å². The van der Waals surface area contributed by atoms with Crippen LogP contribution in [0.25, 0.3) is 10.9 Å². The summed E-state index contributed by atoms with van der Waals surface area (Å²) in [5.41, 5.74) is 8.84. The first kappa shape index (κ1) is 63.1. The van der Waals surface area contributed by atoms with Crippen molar-refractivity contribution in [2.75, 3.05) is 51.9 Å². The molecule has 5 heterocycles. The summed E-state index contributed by atoms with van der Waals surface area (Å²) in [5.74, 6) is -4.12. The van der Waals surface area contributed by atoms with E-state index in [1.165, 1.54) is 24.3 Å². The fourth-order valence-corrected chi connectivity index (χ4v) is 12.1. The number of amides is 9. The molecule has 2 saturated heterocycles. The Bertz CT molecular complexity index is 3080. The van der Waals surface area contributed by atoms with Gasteiger partial charge in [0.15, 0.2) is 0 Å². The number of carbonyl (C=O) groups is 8. The van der Waals surface area contributed by atoms with E-state index in [1.54, 1.807) is 41.2 Å². The molecular formula is C59H76FN13O11S. The Morgan fingerprint density at radius 2 is 1.38 bits per heavy atom. The van der Waals surface area contributed by atoms with Crippen molar-refractivity contribution in [2.24, 2.45) is 12.8 Å². The zero-order chi connectivity index (χ0) is 60.1. The van der Waals surface area contributed by atoms with Crippen LogP contribution in [0, 0.1) is 5.82 Å².